The Balaban J connectivity index is 2.06. The van der Waals surface area contributed by atoms with Crippen molar-refractivity contribution in [3.05, 3.63) is 35.0 Å². The van der Waals surface area contributed by atoms with Gasteiger partial charge in [0.15, 0.2) is 0 Å². The van der Waals surface area contributed by atoms with E-state index < -0.39 is 12.0 Å². The van der Waals surface area contributed by atoms with Crippen LogP contribution in [-0.2, 0) is 9.53 Å². The average molecular weight is 447 g/mol. The summed E-state index contributed by atoms with van der Waals surface area (Å²) < 4.78 is 16.4. The maximum atomic E-state index is 13.2. The van der Waals surface area contributed by atoms with Crippen LogP contribution in [0.1, 0.15) is 25.5 Å². The van der Waals surface area contributed by atoms with Gasteiger partial charge in [0.2, 0.25) is 0 Å². The lowest BCUT2D eigenvalue weighted by Crippen LogP contribution is -2.52. The molecule has 0 bridgehead atoms. The van der Waals surface area contributed by atoms with Crippen molar-refractivity contribution in [3.63, 3.8) is 0 Å². The van der Waals surface area contributed by atoms with Gasteiger partial charge in [-0.05, 0) is 31.7 Å². The summed E-state index contributed by atoms with van der Waals surface area (Å²) in [5.41, 5.74) is 1.70. The molecule has 0 aromatic heterocycles. The molecule has 1 saturated heterocycles. The van der Waals surface area contributed by atoms with Crippen LogP contribution in [0.15, 0.2) is 29.5 Å². The summed E-state index contributed by atoms with van der Waals surface area (Å²) in [7, 11) is 4.82. The van der Waals surface area contributed by atoms with Crippen molar-refractivity contribution in [1.29, 1.82) is 0 Å². The molecule has 1 fully saturated rings. The minimum atomic E-state index is -0.713. The van der Waals surface area contributed by atoms with Gasteiger partial charge in [-0.3, -0.25) is 9.80 Å². The Morgan fingerprint density at radius 1 is 1.09 bits per heavy atom. The number of nitrogens with zero attached hydrogens (tertiary/aromatic N) is 3. The van der Waals surface area contributed by atoms with Gasteiger partial charge in [0, 0.05) is 51.0 Å². The minimum absolute atomic E-state index is 0.240. The van der Waals surface area contributed by atoms with E-state index in [1.165, 1.54) is 4.90 Å². The van der Waals surface area contributed by atoms with E-state index >= 15 is 0 Å². The van der Waals surface area contributed by atoms with E-state index in [-0.39, 0.29) is 12.6 Å². The first kappa shape index (κ1) is 23.9. The van der Waals surface area contributed by atoms with Gasteiger partial charge >= 0.3 is 12.0 Å². The highest BCUT2D eigenvalue weighted by Gasteiger charge is 2.39. The third-order valence-corrected chi connectivity index (χ3v) is 6.11. The lowest BCUT2D eigenvalue weighted by Gasteiger charge is -2.39. The third kappa shape index (κ3) is 4.99. The number of amides is 2. The molecule has 0 radical (unpaired) electrons. The largest absolute Gasteiger partial charge is 0.497 e. The van der Waals surface area contributed by atoms with Gasteiger partial charge in [-0.15, -0.1) is 0 Å². The molecule has 1 aromatic rings. The molecule has 1 N–H and O–H groups in total. The fraction of sp³-hybridized carbons (Fsp3) is 0.565. The summed E-state index contributed by atoms with van der Waals surface area (Å²) in [6.45, 7) is 9.33. The Morgan fingerprint density at radius 2 is 1.78 bits per heavy atom. The molecule has 2 aliphatic heterocycles. The van der Waals surface area contributed by atoms with Crippen molar-refractivity contribution in [2.45, 2.75) is 19.9 Å². The van der Waals surface area contributed by atoms with Crippen LogP contribution >= 0.6 is 0 Å². The predicted octanol–water partition coefficient (Wildman–Crippen LogP) is 1.85. The highest BCUT2D eigenvalue weighted by molar-refractivity contribution is 5.95. The third-order valence-electron chi connectivity index (χ3n) is 6.11. The number of nitrogens with one attached hydrogen (secondary N) is 1. The SMILES string of the molecule is CCOC(=O)C1=C(CN2CCN(CC)CC2)N(C)C(=O)N[C@@H]1c1cc(OC)ccc1OC. The first-order valence-electron chi connectivity index (χ1n) is 11.0. The molecule has 176 valence electrons. The molecule has 1 aromatic carbocycles. The van der Waals surface area contributed by atoms with Crippen LogP contribution in [-0.4, -0.2) is 93.8 Å². The summed E-state index contributed by atoms with van der Waals surface area (Å²) >= 11 is 0. The van der Waals surface area contributed by atoms with E-state index in [1.54, 1.807) is 46.4 Å². The van der Waals surface area contributed by atoms with Gasteiger partial charge < -0.3 is 24.4 Å². The van der Waals surface area contributed by atoms with E-state index in [9.17, 15) is 9.59 Å². The van der Waals surface area contributed by atoms with Gasteiger partial charge in [-0.25, -0.2) is 9.59 Å². The Labute approximate surface area is 189 Å². The number of hydrogen-bond acceptors (Lipinski definition) is 7. The number of urea groups is 1. The van der Waals surface area contributed by atoms with E-state index in [2.05, 4.69) is 22.0 Å². The second-order valence-corrected chi connectivity index (χ2v) is 7.84. The molecular formula is C23H34N4O5. The van der Waals surface area contributed by atoms with E-state index in [0.29, 0.717) is 34.9 Å². The topological polar surface area (TPSA) is 83.6 Å². The summed E-state index contributed by atoms with van der Waals surface area (Å²) in [6, 6.07) is 4.34. The molecular weight excluding hydrogens is 412 g/mol. The van der Waals surface area contributed by atoms with Gasteiger partial charge in [-0.2, -0.15) is 0 Å². The molecule has 0 aliphatic carbocycles. The number of ether oxygens (including phenoxy) is 3. The minimum Gasteiger partial charge on any atom is -0.497 e. The zero-order valence-corrected chi connectivity index (χ0v) is 19.6. The van der Waals surface area contributed by atoms with Crippen molar-refractivity contribution in [2.75, 3.05) is 67.1 Å². The number of carbonyl (C=O) groups excluding carboxylic acids is 2. The second-order valence-electron chi connectivity index (χ2n) is 7.84. The molecule has 0 unspecified atom stereocenters. The Bertz CT molecular complexity index is 864. The number of esters is 1. The molecule has 0 saturated carbocycles. The standard InChI is InChI=1S/C23H34N4O5/c1-6-26-10-12-27(13-11-26)15-18-20(22(28)32-7-2)21(24-23(29)25(18)3)17-14-16(30-4)8-9-19(17)31-5/h8-9,14,21H,6-7,10-13,15H2,1-5H3,(H,24,29)/t21-/m1/s1. The van der Waals surface area contributed by atoms with Gasteiger partial charge in [0.1, 0.15) is 11.5 Å². The van der Waals surface area contributed by atoms with Crippen LogP contribution in [0.5, 0.6) is 11.5 Å². The van der Waals surface area contributed by atoms with Crippen molar-refractivity contribution in [1.82, 2.24) is 20.0 Å². The summed E-state index contributed by atoms with van der Waals surface area (Å²) in [6.07, 6.45) is 0. The van der Waals surface area contributed by atoms with Crippen LogP contribution in [0, 0.1) is 0 Å². The lowest BCUT2D eigenvalue weighted by molar-refractivity contribution is -0.139. The number of hydrogen-bond donors (Lipinski definition) is 1. The van der Waals surface area contributed by atoms with Crippen LogP contribution < -0.4 is 14.8 Å². The normalized spacial score (nSPS) is 20.2. The number of benzene rings is 1. The van der Waals surface area contributed by atoms with Crippen molar-refractivity contribution in [2.24, 2.45) is 0 Å². The average Bonchev–Trinajstić information content (AvgIpc) is 2.81. The van der Waals surface area contributed by atoms with Crippen LogP contribution in [0.4, 0.5) is 4.79 Å². The quantitative estimate of drug-likeness (QED) is 0.610. The Hall–Kier alpha value is -2.78. The summed E-state index contributed by atoms with van der Waals surface area (Å²) in [4.78, 5) is 32.3. The number of piperazine rings is 1. The zero-order chi connectivity index (χ0) is 23.3. The Kier molecular flexibility index (Phi) is 7.98. The first-order chi connectivity index (χ1) is 15.4. The van der Waals surface area contributed by atoms with Crippen LogP contribution in [0.3, 0.4) is 0 Å². The van der Waals surface area contributed by atoms with Gasteiger partial charge in [0.05, 0.1) is 32.4 Å². The van der Waals surface area contributed by atoms with E-state index in [1.807, 2.05) is 0 Å². The molecule has 2 amide bonds. The predicted molar refractivity (Wildman–Crippen MR) is 121 cm³/mol. The summed E-state index contributed by atoms with van der Waals surface area (Å²) in [5.74, 6) is 0.712. The zero-order valence-electron chi connectivity index (χ0n) is 19.6. The highest BCUT2D eigenvalue weighted by atomic mass is 16.5. The van der Waals surface area contributed by atoms with E-state index in [0.717, 1.165) is 32.7 Å². The first-order valence-corrected chi connectivity index (χ1v) is 11.0. The molecule has 9 heteroatoms. The molecule has 32 heavy (non-hydrogen) atoms. The van der Waals surface area contributed by atoms with Crippen LogP contribution in [0.2, 0.25) is 0 Å². The highest BCUT2D eigenvalue weighted by Crippen LogP contribution is 2.37. The molecule has 3 rings (SSSR count). The maximum absolute atomic E-state index is 13.2. The van der Waals surface area contributed by atoms with Crippen molar-refractivity contribution >= 4 is 12.0 Å². The van der Waals surface area contributed by atoms with Crippen molar-refractivity contribution < 1.29 is 23.8 Å². The van der Waals surface area contributed by atoms with Gasteiger partial charge in [0.25, 0.3) is 0 Å². The van der Waals surface area contributed by atoms with Crippen LogP contribution in [0.25, 0.3) is 0 Å². The number of rotatable bonds is 8. The number of methoxy groups -OCH3 is 2. The molecule has 2 aliphatic rings. The van der Waals surface area contributed by atoms with E-state index in [4.69, 9.17) is 14.2 Å². The van der Waals surface area contributed by atoms with Gasteiger partial charge in [-0.1, -0.05) is 6.92 Å². The Morgan fingerprint density at radius 3 is 2.38 bits per heavy atom. The van der Waals surface area contributed by atoms with Crippen molar-refractivity contribution in [3.8, 4) is 11.5 Å². The number of carbonyl (C=O) groups is 2. The smallest absolute Gasteiger partial charge is 0.338 e. The number of likely N-dealkylation sites (N-methyl/N-ethyl adjacent to an activating group) is 2. The second kappa shape index (κ2) is 10.7. The molecule has 2 heterocycles. The molecule has 9 nitrogen and oxygen atoms in total. The monoisotopic (exact) mass is 446 g/mol. The fourth-order valence-corrected chi connectivity index (χ4v) is 4.17. The maximum Gasteiger partial charge on any atom is 0.338 e. The lowest BCUT2D eigenvalue weighted by atomic mass is 9.93. The summed E-state index contributed by atoms with van der Waals surface area (Å²) in [5, 5.41) is 2.95. The molecule has 1 atom stereocenters. The molecule has 0 spiro atoms. The fourth-order valence-electron chi connectivity index (χ4n) is 4.17.